The molecule has 1 aromatic carbocycles. The van der Waals surface area contributed by atoms with Crippen LogP contribution in [-0.4, -0.2) is 46.7 Å². The van der Waals surface area contributed by atoms with E-state index in [1.54, 1.807) is 29.7 Å². The number of nitrogens with one attached hydrogen (secondary N) is 2. The Labute approximate surface area is 211 Å². The number of H-pyrrole nitrogens is 1. The van der Waals surface area contributed by atoms with Crippen molar-refractivity contribution in [3.8, 4) is 0 Å². The number of pyridine rings is 1. The Bertz CT molecular complexity index is 1440. The zero-order valence-electron chi connectivity index (χ0n) is 21.4. The van der Waals surface area contributed by atoms with E-state index in [2.05, 4.69) is 17.2 Å². The average molecular weight is 514 g/mol. The summed E-state index contributed by atoms with van der Waals surface area (Å²) >= 11 is 0. The van der Waals surface area contributed by atoms with Gasteiger partial charge in [0.25, 0.3) is 5.56 Å². The molecule has 36 heavy (non-hydrogen) atoms. The highest BCUT2D eigenvalue weighted by Gasteiger charge is 2.43. The summed E-state index contributed by atoms with van der Waals surface area (Å²) in [4.78, 5) is 15.9. The van der Waals surface area contributed by atoms with Gasteiger partial charge in [0.15, 0.2) is 5.82 Å². The second-order valence-electron chi connectivity index (χ2n) is 10.7. The van der Waals surface area contributed by atoms with Gasteiger partial charge in [-0.1, -0.05) is 19.8 Å². The van der Waals surface area contributed by atoms with Gasteiger partial charge in [-0.3, -0.25) is 9.48 Å². The van der Waals surface area contributed by atoms with Gasteiger partial charge in [0, 0.05) is 37.7 Å². The highest BCUT2D eigenvalue weighted by molar-refractivity contribution is 7.89. The quantitative estimate of drug-likeness (QED) is 0.480. The van der Waals surface area contributed by atoms with Crippen molar-refractivity contribution in [3.05, 3.63) is 46.4 Å². The van der Waals surface area contributed by atoms with Crippen LogP contribution >= 0.6 is 0 Å². The fraction of sp³-hybridized carbons (Fsp3) is 0.538. The van der Waals surface area contributed by atoms with Gasteiger partial charge in [-0.15, -0.1) is 0 Å². The molecule has 0 radical (unpaired) electrons. The molecule has 3 heterocycles. The Balaban J connectivity index is 1.49. The number of methoxy groups -OCH3 is 1. The zero-order valence-corrected chi connectivity index (χ0v) is 22.2. The van der Waals surface area contributed by atoms with Crippen LogP contribution in [0, 0.1) is 5.92 Å². The summed E-state index contributed by atoms with van der Waals surface area (Å²) in [6.07, 6.45) is 6.82. The second kappa shape index (κ2) is 9.32. The number of sulfonamides is 1. The summed E-state index contributed by atoms with van der Waals surface area (Å²) in [5.74, 6) is 0.967. The first-order valence-corrected chi connectivity index (χ1v) is 14.1. The van der Waals surface area contributed by atoms with Gasteiger partial charge in [0.2, 0.25) is 10.0 Å². The number of nitrogens with zero attached hydrogens (tertiary/aromatic N) is 3. The molecule has 1 aliphatic carbocycles. The molecule has 5 rings (SSSR count). The average Bonchev–Trinajstić information content (AvgIpc) is 3.33. The van der Waals surface area contributed by atoms with Crippen molar-refractivity contribution in [2.45, 2.75) is 75.9 Å². The number of aromatic amines is 1. The first-order valence-electron chi connectivity index (χ1n) is 12.6. The van der Waals surface area contributed by atoms with Gasteiger partial charge in [-0.05, 0) is 68.9 Å². The molecule has 2 aromatic heterocycles. The summed E-state index contributed by atoms with van der Waals surface area (Å²) in [7, 11) is -1.99. The summed E-state index contributed by atoms with van der Waals surface area (Å²) in [5.41, 5.74) is 1.46. The molecular weight excluding hydrogens is 478 g/mol. The van der Waals surface area contributed by atoms with Gasteiger partial charge in [0.1, 0.15) is 5.39 Å². The van der Waals surface area contributed by atoms with Crippen LogP contribution in [0.2, 0.25) is 0 Å². The standard InChI is InChI=1S/C26H35N5O4S/c1-17-7-5-6-8-20(17)31-21-11-13-27-25(32)23(21)24(29-31)28-19-9-10-22-18(15-19)16-30(36(22,33)34)26(2,3)12-14-35-4/h9-11,13,15,17,20H,5-8,12,14,16H2,1-4H3,(H,27,32)(H,28,29)/t17-,20-/m0/s1. The number of benzene rings is 1. The summed E-state index contributed by atoms with van der Waals surface area (Å²) in [6, 6.07) is 7.39. The molecule has 0 amide bonds. The van der Waals surface area contributed by atoms with Crippen LogP contribution in [-0.2, 0) is 21.3 Å². The molecule has 10 heteroatoms. The SMILES string of the molecule is COCCC(C)(C)N1Cc2cc(Nc3nn([C@H]4CCCC[C@@H]4C)c4cc[nH]c(=O)c34)ccc2S1(=O)=O. The molecule has 2 N–H and O–H groups in total. The highest BCUT2D eigenvalue weighted by atomic mass is 32.2. The van der Waals surface area contributed by atoms with Crippen LogP contribution in [0.5, 0.6) is 0 Å². The molecule has 0 spiro atoms. The van der Waals surface area contributed by atoms with Crippen molar-refractivity contribution in [3.63, 3.8) is 0 Å². The number of ether oxygens (including phenoxy) is 1. The second-order valence-corrected chi connectivity index (χ2v) is 12.5. The molecule has 2 atom stereocenters. The van der Waals surface area contributed by atoms with Crippen molar-refractivity contribution >= 4 is 32.4 Å². The molecule has 9 nitrogen and oxygen atoms in total. The zero-order chi connectivity index (χ0) is 25.7. The predicted octanol–water partition coefficient (Wildman–Crippen LogP) is 4.54. The third-order valence-electron chi connectivity index (χ3n) is 7.81. The lowest BCUT2D eigenvalue weighted by atomic mass is 9.86. The van der Waals surface area contributed by atoms with E-state index in [0.717, 1.165) is 30.3 Å². The number of hydrogen-bond donors (Lipinski definition) is 2. The van der Waals surface area contributed by atoms with Crippen LogP contribution in [0.4, 0.5) is 11.5 Å². The highest BCUT2D eigenvalue weighted by Crippen LogP contribution is 2.40. The topological polar surface area (TPSA) is 109 Å². The molecule has 2 aliphatic rings. The number of fused-ring (bicyclic) bond motifs is 2. The van der Waals surface area contributed by atoms with Crippen LogP contribution in [0.1, 0.15) is 64.5 Å². The minimum absolute atomic E-state index is 0.195. The van der Waals surface area contributed by atoms with Crippen molar-refractivity contribution in [1.82, 2.24) is 19.1 Å². The summed E-state index contributed by atoms with van der Waals surface area (Å²) < 4.78 is 35.3. The molecule has 0 unspecified atom stereocenters. The normalized spacial score (nSPS) is 22.1. The van der Waals surface area contributed by atoms with Gasteiger partial charge >= 0.3 is 0 Å². The van der Waals surface area contributed by atoms with E-state index in [1.165, 1.54) is 6.42 Å². The Morgan fingerprint density at radius 2 is 2.00 bits per heavy atom. The third kappa shape index (κ3) is 4.25. The van der Waals surface area contributed by atoms with E-state index in [-0.39, 0.29) is 11.6 Å². The molecule has 3 aromatic rings. The van der Waals surface area contributed by atoms with Gasteiger partial charge in [-0.2, -0.15) is 9.40 Å². The number of rotatable bonds is 7. The lowest BCUT2D eigenvalue weighted by molar-refractivity contribution is 0.130. The fourth-order valence-electron chi connectivity index (χ4n) is 5.64. The molecule has 194 valence electrons. The Morgan fingerprint density at radius 3 is 2.75 bits per heavy atom. The van der Waals surface area contributed by atoms with E-state index >= 15 is 0 Å². The van der Waals surface area contributed by atoms with Crippen molar-refractivity contribution in [2.24, 2.45) is 5.92 Å². The van der Waals surface area contributed by atoms with Gasteiger partial charge in [-0.25, -0.2) is 8.42 Å². The Hall–Kier alpha value is -2.69. The maximum atomic E-state index is 13.3. The Kier molecular flexibility index (Phi) is 6.46. The number of hydrogen-bond acceptors (Lipinski definition) is 6. The lowest BCUT2D eigenvalue weighted by Crippen LogP contribution is -2.44. The van der Waals surface area contributed by atoms with E-state index in [1.807, 2.05) is 30.7 Å². The van der Waals surface area contributed by atoms with E-state index < -0.39 is 15.6 Å². The maximum Gasteiger partial charge on any atom is 0.261 e. The first kappa shape index (κ1) is 25.0. The molecule has 1 saturated carbocycles. The minimum atomic E-state index is -3.61. The molecule has 1 aliphatic heterocycles. The molecular formula is C26H35N5O4S. The maximum absolute atomic E-state index is 13.3. The first-order chi connectivity index (χ1) is 17.1. The fourth-order valence-corrected chi connectivity index (χ4v) is 7.63. The number of aromatic nitrogens is 3. The van der Waals surface area contributed by atoms with Gasteiger partial charge < -0.3 is 15.0 Å². The number of anilines is 2. The Morgan fingerprint density at radius 1 is 1.22 bits per heavy atom. The van der Waals surface area contributed by atoms with Crippen molar-refractivity contribution in [1.29, 1.82) is 0 Å². The van der Waals surface area contributed by atoms with E-state index in [9.17, 15) is 13.2 Å². The smallest absolute Gasteiger partial charge is 0.261 e. The van der Waals surface area contributed by atoms with Crippen LogP contribution < -0.4 is 10.9 Å². The summed E-state index contributed by atoms with van der Waals surface area (Å²) in [6.45, 7) is 6.86. The van der Waals surface area contributed by atoms with Gasteiger partial charge in [0.05, 0.1) is 16.5 Å². The largest absolute Gasteiger partial charge is 0.385 e. The van der Waals surface area contributed by atoms with Crippen molar-refractivity contribution < 1.29 is 13.2 Å². The minimum Gasteiger partial charge on any atom is -0.385 e. The van der Waals surface area contributed by atoms with Crippen LogP contribution in [0.25, 0.3) is 10.9 Å². The van der Waals surface area contributed by atoms with Crippen LogP contribution in [0.3, 0.4) is 0 Å². The molecule has 0 saturated heterocycles. The third-order valence-corrected chi connectivity index (χ3v) is 9.97. The molecule has 1 fully saturated rings. The predicted molar refractivity (Wildman–Crippen MR) is 140 cm³/mol. The van der Waals surface area contributed by atoms with Crippen molar-refractivity contribution in [2.75, 3.05) is 19.0 Å². The lowest BCUT2D eigenvalue weighted by Gasteiger charge is -2.33. The van der Waals surface area contributed by atoms with E-state index in [4.69, 9.17) is 9.84 Å². The monoisotopic (exact) mass is 513 g/mol. The van der Waals surface area contributed by atoms with Crippen LogP contribution in [0.15, 0.2) is 40.2 Å². The molecule has 0 bridgehead atoms. The summed E-state index contributed by atoms with van der Waals surface area (Å²) in [5, 5.41) is 8.71. The van der Waals surface area contributed by atoms with E-state index in [0.29, 0.717) is 47.3 Å².